The molecule has 8 nitrogen and oxygen atoms in total. The Bertz CT molecular complexity index is 1410. The maximum Gasteiger partial charge on any atom is 0.329 e. The number of nitrogens with zero attached hydrogens (tertiary/aromatic N) is 2. The van der Waals surface area contributed by atoms with Crippen LogP contribution in [0, 0.1) is 0 Å². The molecule has 0 radical (unpaired) electrons. The Kier molecular flexibility index (Phi) is 11.9. The fourth-order valence-corrected chi connectivity index (χ4v) is 5.46. The zero-order valence-corrected chi connectivity index (χ0v) is 26.2. The Morgan fingerprint density at radius 2 is 1.71 bits per heavy atom. The lowest BCUT2D eigenvalue weighted by Gasteiger charge is -2.33. The number of aromatic nitrogens is 1. The van der Waals surface area contributed by atoms with E-state index in [0.29, 0.717) is 63.4 Å². The fraction of sp³-hybridized carbons (Fsp3) is 0.387. The van der Waals surface area contributed by atoms with Gasteiger partial charge in [0.1, 0.15) is 22.7 Å². The first-order chi connectivity index (χ1) is 19.6. The van der Waals surface area contributed by atoms with Crippen LogP contribution in [0.3, 0.4) is 0 Å². The number of aliphatic carboxylic acids is 1. The van der Waals surface area contributed by atoms with Gasteiger partial charge in [-0.3, -0.25) is 4.79 Å². The van der Waals surface area contributed by atoms with E-state index in [4.69, 9.17) is 37.7 Å². The Balaban J connectivity index is 0.00000484. The molecule has 1 aliphatic rings. The van der Waals surface area contributed by atoms with E-state index < -0.39 is 17.4 Å². The van der Waals surface area contributed by atoms with E-state index in [0.717, 1.165) is 32.2 Å². The van der Waals surface area contributed by atoms with Crippen molar-refractivity contribution in [2.45, 2.75) is 44.1 Å². The van der Waals surface area contributed by atoms with Crippen LogP contribution >= 0.6 is 35.6 Å². The zero-order chi connectivity index (χ0) is 29.6. The highest BCUT2D eigenvalue weighted by atomic mass is 35.5. The van der Waals surface area contributed by atoms with Crippen molar-refractivity contribution in [2.75, 3.05) is 34.4 Å². The number of rotatable bonds is 11. The van der Waals surface area contributed by atoms with Gasteiger partial charge in [-0.25, -0.2) is 9.78 Å². The molecule has 1 saturated carbocycles. The number of hydrogen-bond donors (Lipinski definition) is 2. The summed E-state index contributed by atoms with van der Waals surface area (Å²) < 4.78 is 11.3. The van der Waals surface area contributed by atoms with Crippen molar-refractivity contribution in [2.24, 2.45) is 0 Å². The SMILES string of the molecule is COc1ccc(-c2ccc(C(=O)NC3(C(=O)O)CCCCC3)nc2-c2ccc(Cl)c(OCCCN(C)C)c2)c(Cl)c1.Cl. The quantitative estimate of drug-likeness (QED) is 0.219. The highest BCUT2D eigenvalue weighted by Crippen LogP contribution is 2.39. The molecule has 0 unspecified atom stereocenters. The minimum Gasteiger partial charge on any atom is -0.497 e. The third-order valence-electron chi connectivity index (χ3n) is 7.28. The first-order valence-corrected chi connectivity index (χ1v) is 14.4. The van der Waals surface area contributed by atoms with Crippen LogP contribution in [0.4, 0.5) is 0 Å². The third kappa shape index (κ3) is 7.86. The first-order valence-electron chi connectivity index (χ1n) is 13.6. The lowest BCUT2D eigenvalue weighted by atomic mass is 9.81. The standard InChI is InChI=1S/C31H35Cl2N3O5.ClH/c1-36(2)16-7-17-41-27-18-20(8-12-24(27)32)28-23(22-10-9-21(40-3)19-25(22)33)11-13-26(34-28)29(37)35-31(30(38)39)14-5-4-6-15-31;/h8-13,18-19H,4-7,14-17H2,1-3H3,(H,35,37)(H,38,39);1H. The number of carboxylic acids is 1. The largest absolute Gasteiger partial charge is 0.497 e. The summed E-state index contributed by atoms with van der Waals surface area (Å²) in [7, 11) is 5.57. The topological polar surface area (TPSA) is 101 Å². The van der Waals surface area contributed by atoms with Gasteiger partial charge in [-0.05, 0) is 75.8 Å². The first kappa shape index (κ1) is 33.5. The van der Waals surface area contributed by atoms with Crippen LogP contribution in [0.15, 0.2) is 48.5 Å². The van der Waals surface area contributed by atoms with Gasteiger partial charge in [0.15, 0.2) is 0 Å². The van der Waals surface area contributed by atoms with E-state index in [1.807, 2.05) is 20.2 Å². The summed E-state index contributed by atoms with van der Waals surface area (Å²) >= 11 is 13.1. The van der Waals surface area contributed by atoms with Crippen LogP contribution in [0.2, 0.25) is 10.0 Å². The summed E-state index contributed by atoms with van der Waals surface area (Å²) in [6.07, 6.45) is 4.00. The molecule has 1 heterocycles. The molecule has 1 aromatic heterocycles. The van der Waals surface area contributed by atoms with Crippen molar-refractivity contribution >= 4 is 47.5 Å². The van der Waals surface area contributed by atoms with Crippen LogP contribution in [0.5, 0.6) is 11.5 Å². The summed E-state index contributed by atoms with van der Waals surface area (Å²) in [5.41, 5.74) is 1.32. The van der Waals surface area contributed by atoms with Crippen molar-refractivity contribution in [3.63, 3.8) is 0 Å². The third-order valence-corrected chi connectivity index (χ3v) is 7.90. The maximum absolute atomic E-state index is 13.4. The number of amides is 1. The number of hydrogen-bond acceptors (Lipinski definition) is 6. The number of methoxy groups -OCH3 is 1. The van der Waals surface area contributed by atoms with Crippen LogP contribution in [-0.4, -0.2) is 66.8 Å². The molecule has 0 atom stereocenters. The number of carboxylic acid groups (broad SMARTS) is 1. The molecule has 4 rings (SSSR count). The molecule has 1 fully saturated rings. The molecule has 42 heavy (non-hydrogen) atoms. The number of nitrogens with one attached hydrogen (secondary N) is 1. The summed E-state index contributed by atoms with van der Waals surface area (Å²) in [5, 5.41) is 13.7. The van der Waals surface area contributed by atoms with Crippen molar-refractivity contribution in [1.29, 1.82) is 0 Å². The average molecular weight is 637 g/mol. The second kappa shape index (κ2) is 14.9. The normalized spacial score (nSPS) is 14.1. The number of benzene rings is 2. The molecular formula is C31H36Cl3N3O5. The highest BCUT2D eigenvalue weighted by Gasteiger charge is 2.41. The van der Waals surface area contributed by atoms with Crippen LogP contribution < -0.4 is 14.8 Å². The minimum atomic E-state index is -1.30. The lowest BCUT2D eigenvalue weighted by molar-refractivity contribution is -0.145. The molecule has 1 amide bonds. The molecular weight excluding hydrogens is 601 g/mol. The van der Waals surface area contributed by atoms with Gasteiger partial charge in [-0.2, -0.15) is 0 Å². The molecule has 3 aromatic rings. The number of carbonyl (C=O) groups excluding carboxylic acids is 1. The van der Waals surface area contributed by atoms with Gasteiger partial charge in [0.2, 0.25) is 0 Å². The Morgan fingerprint density at radius 3 is 2.36 bits per heavy atom. The summed E-state index contributed by atoms with van der Waals surface area (Å²) in [6, 6.07) is 14.0. The average Bonchev–Trinajstić information content (AvgIpc) is 2.96. The van der Waals surface area contributed by atoms with E-state index in [1.165, 1.54) is 0 Å². The van der Waals surface area contributed by atoms with Crippen LogP contribution in [-0.2, 0) is 4.79 Å². The fourth-order valence-electron chi connectivity index (χ4n) is 5.02. The monoisotopic (exact) mass is 635 g/mol. The van der Waals surface area contributed by atoms with Gasteiger partial charge in [-0.15, -0.1) is 12.4 Å². The van der Waals surface area contributed by atoms with Crippen molar-refractivity contribution in [3.05, 3.63) is 64.3 Å². The van der Waals surface area contributed by atoms with Crippen molar-refractivity contribution in [1.82, 2.24) is 15.2 Å². The van der Waals surface area contributed by atoms with Gasteiger partial charge < -0.3 is 24.8 Å². The van der Waals surface area contributed by atoms with Gasteiger partial charge >= 0.3 is 5.97 Å². The predicted octanol–water partition coefficient (Wildman–Crippen LogP) is 7.00. The smallest absolute Gasteiger partial charge is 0.329 e. The Hall–Kier alpha value is -3.04. The van der Waals surface area contributed by atoms with Crippen LogP contribution in [0.1, 0.15) is 49.0 Å². The molecule has 0 bridgehead atoms. The molecule has 0 spiro atoms. The lowest BCUT2D eigenvalue weighted by Crippen LogP contribution is -2.55. The van der Waals surface area contributed by atoms with E-state index >= 15 is 0 Å². The van der Waals surface area contributed by atoms with E-state index in [9.17, 15) is 14.7 Å². The summed E-state index contributed by atoms with van der Waals surface area (Å²) in [4.78, 5) is 32.4. The number of carbonyl (C=O) groups is 2. The van der Waals surface area contributed by atoms with E-state index in [-0.39, 0.29) is 18.1 Å². The van der Waals surface area contributed by atoms with Gasteiger partial charge in [0.05, 0.1) is 29.5 Å². The minimum absolute atomic E-state index is 0. The van der Waals surface area contributed by atoms with Gasteiger partial charge in [0.25, 0.3) is 5.91 Å². The molecule has 0 saturated heterocycles. The molecule has 1 aliphatic carbocycles. The van der Waals surface area contributed by atoms with Gasteiger partial charge in [-0.1, -0.05) is 48.5 Å². The molecule has 0 aliphatic heterocycles. The maximum atomic E-state index is 13.4. The van der Waals surface area contributed by atoms with Crippen molar-refractivity contribution < 1.29 is 24.2 Å². The zero-order valence-electron chi connectivity index (χ0n) is 23.9. The Labute approximate surface area is 262 Å². The summed E-state index contributed by atoms with van der Waals surface area (Å²) in [6.45, 7) is 1.35. The number of pyridine rings is 1. The molecule has 2 aromatic carbocycles. The molecule has 2 N–H and O–H groups in total. The summed E-state index contributed by atoms with van der Waals surface area (Å²) in [5.74, 6) is -0.466. The second-order valence-corrected chi connectivity index (χ2v) is 11.3. The molecule has 11 heteroatoms. The second-order valence-electron chi connectivity index (χ2n) is 10.5. The number of halogens is 3. The number of ether oxygens (including phenoxy) is 2. The highest BCUT2D eigenvalue weighted by molar-refractivity contribution is 6.33. The van der Waals surface area contributed by atoms with Crippen LogP contribution in [0.25, 0.3) is 22.4 Å². The van der Waals surface area contributed by atoms with Gasteiger partial charge in [0, 0.05) is 23.2 Å². The van der Waals surface area contributed by atoms with E-state index in [2.05, 4.69) is 10.2 Å². The molecule has 226 valence electrons. The van der Waals surface area contributed by atoms with Crippen molar-refractivity contribution in [3.8, 4) is 33.9 Å². The Morgan fingerprint density at radius 1 is 1.00 bits per heavy atom. The van der Waals surface area contributed by atoms with E-state index in [1.54, 1.807) is 49.6 Å². The predicted molar refractivity (Wildman–Crippen MR) is 169 cm³/mol.